The average Bonchev–Trinajstić information content (AvgIpc) is 3.13. The lowest BCUT2D eigenvalue weighted by atomic mass is 9.93. The number of amides is 3. The van der Waals surface area contributed by atoms with E-state index in [9.17, 15) is 19.5 Å². The molecule has 0 aliphatic heterocycles. The first-order valence-electron chi connectivity index (χ1n) is 16.5. The normalized spacial score (nSPS) is 13.3. The number of nitrogens with zero attached hydrogens (tertiary/aromatic N) is 2. The lowest BCUT2D eigenvalue weighted by molar-refractivity contribution is -0.125. The number of benzene rings is 2. The monoisotopic (exact) mass is 683 g/mol. The first kappa shape index (κ1) is 37.3. The van der Waals surface area contributed by atoms with Crippen LogP contribution in [-0.4, -0.2) is 64.5 Å². The van der Waals surface area contributed by atoms with Crippen LogP contribution in [0.5, 0.6) is 5.75 Å². The fourth-order valence-corrected chi connectivity index (χ4v) is 5.28. The number of alkyl carbamates (subject to hydrolysis) is 2. The number of aromatic nitrogens is 2. The maximum atomic E-state index is 13.7. The summed E-state index contributed by atoms with van der Waals surface area (Å²) in [5.41, 5.74) is 3.08. The smallest absolute Gasteiger partial charge is 0.408 e. The number of hydrogen-bond donors (Lipinski definition) is 4. The molecule has 0 aliphatic rings. The largest absolute Gasteiger partial charge is 0.495 e. The van der Waals surface area contributed by atoms with Gasteiger partial charge in [-0.3, -0.25) is 14.8 Å². The average molecular weight is 684 g/mol. The quantitative estimate of drug-likeness (QED) is 0.123. The molecule has 0 bridgehead atoms. The van der Waals surface area contributed by atoms with Crippen LogP contribution in [0.4, 0.5) is 9.59 Å². The minimum atomic E-state index is -1.08. The van der Waals surface area contributed by atoms with Crippen LogP contribution in [0.25, 0.3) is 0 Å². The number of carbonyl (C=O) groups excluding carboxylic acids is 3. The molecule has 2 aromatic carbocycles. The Balaban J connectivity index is 1.45. The molecule has 4 rings (SSSR count). The van der Waals surface area contributed by atoms with Crippen LogP contribution in [-0.2, 0) is 40.3 Å². The summed E-state index contributed by atoms with van der Waals surface area (Å²) in [5.74, 6) is -0.144. The molecule has 0 saturated carbocycles. The van der Waals surface area contributed by atoms with Crippen LogP contribution < -0.4 is 20.7 Å². The van der Waals surface area contributed by atoms with Crippen molar-refractivity contribution in [2.75, 3.05) is 7.11 Å². The Morgan fingerprint density at radius 3 is 1.98 bits per heavy atom. The molecule has 0 radical (unpaired) electrons. The highest BCUT2D eigenvalue weighted by Gasteiger charge is 2.30. The first-order chi connectivity index (χ1) is 24.2. The molecule has 12 heteroatoms. The lowest BCUT2D eigenvalue weighted by Crippen LogP contribution is -2.54. The van der Waals surface area contributed by atoms with Crippen molar-refractivity contribution in [1.82, 2.24) is 25.9 Å². The number of nitrogens with one attached hydrogen (secondary N) is 3. The predicted molar refractivity (Wildman–Crippen MR) is 187 cm³/mol. The topological polar surface area (TPSA) is 161 Å². The van der Waals surface area contributed by atoms with Gasteiger partial charge in [0, 0.05) is 24.0 Å². The van der Waals surface area contributed by atoms with Crippen molar-refractivity contribution in [3.8, 4) is 5.75 Å². The molecule has 3 amide bonds. The second-order valence-corrected chi connectivity index (χ2v) is 12.2. The van der Waals surface area contributed by atoms with Crippen molar-refractivity contribution < 1.29 is 33.7 Å². The van der Waals surface area contributed by atoms with Crippen molar-refractivity contribution in [2.24, 2.45) is 5.92 Å². The lowest BCUT2D eigenvalue weighted by Gasteiger charge is -2.30. The van der Waals surface area contributed by atoms with E-state index in [0.717, 1.165) is 16.7 Å². The highest BCUT2D eigenvalue weighted by Crippen LogP contribution is 2.16. The van der Waals surface area contributed by atoms with Gasteiger partial charge in [0.15, 0.2) is 0 Å². The van der Waals surface area contributed by atoms with E-state index in [2.05, 4.69) is 25.9 Å². The van der Waals surface area contributed by atoms with Gasteiger partial charge in [0.1, 0.15) is 25.0 Å². The fraction of sp³-hybridized carbons (Fsp3) is 0.342. The van der Waals surface area contributed by atoms with Gasteiger partial charge in [0.25, 0.3) is 0 Å². The van der Waals surface area contributed by atoms with Crippen LogP contribution in [0.2, 0.25) is 0 Å². The fourth-order valence-electron chi connectivity index (χ4n) is 5.28. The van der Waals surface area contributed by atoms with Gasteiger partial charge in [-0.25, -0.2) is 9.59 Å². The second kappa shape index (κ2) is 19.5. The summed E-state index contributed by atoms with van der Waals surface area (Å²) < 4.78 is 15.9. The van der Waals surface area contributed by atoms with Gasteiger partial charge in [-0.15, -0.1) is 0 Å². The zero-order valence-electron chi connectivity index (χ0n) is 28.5. The van der Waals surface area contributed by atoms with Crippen molar-refractivity contribution in [3.05, 3.63) is 126 Å². The molecule has 264 valence electrons. The van der Waals surface area contributed by atoms with E-state index in [1.54, 1.807) is 36.7 Å². The summed E-state index contributed by atoms with van der Waals surface area (Å²) >= 11 is 0. The zero-order chi connectivity index (χ0) is 35.7. The number of carbonyl (C=O) groups is 3. The second-order valence-electron chi connectivity index (χ2n) is 12.2. The molecule has 2 aromatic heterocycles. The molecular weight excluding hydrogens is 638 g/mol. The summed E-state index contributed by atoms with van der Waals surface area (Å²) in [6.45, 7) is 3.55. The Hall–Kier alpha value is -5.49. The van der Waals surface area contributed by atoms with Crippen LogP contribution in [0.15, 0.2) is 104 Å². The summed E-state index contributed by atoms with van der Waals surface area (Å²) in [4.78, 5) is 47.6. The Morgan fingerprint density at radius 1 is 0.740 bits per heavy atom. The maximum Gasteiger partial charge on any atom is 0.408 e. The van der Waals surface area contributed by atoms with Crippen molar-refractivity contribution in [3.63, 3.8) is 0 Å². The van der Waals surface area contributed by atoms with E-state index in [0.29, 0.717) is 24.3 Å². The minimum Gasteiger partial charge on any atom is -0.495 e. The highest BCUT2D eigenvalue weighted by molar-refractivity contribution is 5.86. The summed E-state index contributed by atoms with van der Waals surface area (Å²) in [5, 5.41) is 20.2. The van der Waals surface area contributed by atoms with Gasteiger partial charge < -0.3 is 35.3 Å². The Morgan fingerprint density at radius 2 is 1.38 bits per heavy atom. The molecule has 0 saturated heterocycles. The molecule has 0 spiro atoms. The SMILES string of the molecule is COc1ccc(COC(=O)NC(C(=O)N[C@@H](Cc2ccccc2)C[C@H](O)[C@H](Cc2ccccc2)NC(=O)OCc2cccnc2)C(C)C)nc1. The molecule has 12 nitrogen and oxygen atoms in total. The van der Waals surface area contributed by atoms with Crippen molar-refractivity contribution in [2.45, 2.75) is 70.6 Å². The number of methoxy groups -OCH3 is 1. The molecule has 4 aromatic rings. The molecule has 50 heavy (non-hydrogen) atoms. The molecule has 2 heterocycles. The third kappa shape index (κ3) is 12.5. The molecule has 0 fully saturated rings. The Labute approximate surface area is 292 Å². The van der Waals surface area contributed by atoms with Gasteiger partial charge in [0.05, 0.1) is 31.1 Å². The van der Waals surface area contributed by atoms with Crippen LogP contribution >= 0.6 is 0 Å². The number of rotatable bonds is 17. The van der Waals surface area contributed by atoms with Gasteiger partial charge >= 0.3 is 12.2 Å². The number of pyridine rings is 2. The summed E-state index contributed by atoms with van der Waals surface area (Å²) in [6, 6.07) is 23.7. The predicted octanol–water partition coefficient (Wildman–Crippen LogP) is 4.75. The number of hydrogen-bond acceptors (Lipinski definition) is 9. The third-order valence-electron chi connectivity index (χ3n) is 7.96. The van der Waals surface area contributed by atoms with Crippen LogP contribution in [0, 0.1) is 5.92 Å². The minimum absolute atomic E-state index is 0.0170. The maximum absolute atomic E-state index is 13.7. The number of ether oxygens (including phenoxy) is 3. The summed E-state index contributed by atoms with van der Waals surface area (Å²) in [6.07, 6.45) is 3.03. The van der Waals surface area contributed by atoms with E-state index < -0.39 is 42.3 Å². The van der Waals surface area contributed by atoms with Crippen molar-refractivity contribution in [1.29, 1.82) is 0 Å². The number of aliphatic hydroxyl groups is 1. The Kier molecular flexibility index (Phi) is 14.6. The Bertz CT molecular complexity index is 1610. The van der Waals surface area contributed by atoms with E-state index in [4.69, 9.17) is 14.2 Å². The van der Waals surface area contributed by atoms with Crippen LogP contribution in [0.1, 0.15) is 42.7 Å². The molecule has 0 aliphatic carbocycles. The van der Waals surface area contributed by atoms with Gasteiger partial charge in [-0.05, 0) is 54.5 Å². The standard InChI is InChI=1S/C38H45N5O7/c1-26(2)35(43-38(47)50-25-30-16-17-32(48-3)23-40-30)36(45)41-31(19-27-11-6-4-7-12-27)21-34(44)33(20-28-13-8-5-9-14-28)42-37(46)49-24-29-15-10-18-39-22-29/h4-18,22-23,26,31,33-35,44H,19-21,24-25H2,1-3H3,(H,41,45)(H,42,46)(H,43,47)/t31-,33-,34-,35?/m0/s1. The van der Waals surface area contributed by atoms with E-state index in [1.807, 2.05) is 74.5 Å². The molecule has 1 unspecified atom stereocenters. The van der Waals surface area contributed by atoms with Gasteiger partial charge in [0.2, 0.25) is 5.91 Å². The molecular formula is C38H45N5O7. The zero-order valence-corrected chi connectivity index (χ0v) is 28.5. The molecule has 4 N–H and O–H groups in total. The van der Waals surface area contributed by atoms with E-state index in [-0.39, 0.29) is 25.6 Å². The van der Waals surface area contributed by atoms with Crippen molar-refractivity contribution >= 4 is 18.1 Å². The van der Waals surface area contributed by atoms with Gasteiger partial charge in [-0.1, -0.05) is 80.6 Å². The third-order valence-corrected chi connectivity index (χ3v) is 7.96. The molecule has 4 atom stereocenters. The van der Waals surface area contributed by atoms with Gasteiger partial charge in [-0.2, -0.15) is 0 Å². The number of aliphatic hydroxyl groups excluding tert-OH is 1. The van der Waals surface area contributed by atoms with E-state index >= 15 is 0 Å². The van der Waals surface area contributed by atoms with E-state index in [1.165, 1.54) is 13.3 Å². The highest BCUT2D eigenvalue weighted by atomic mass is 16.6. The summed E-state index contributed by atoms with van der Waals surface area (Å²) in [7, 11) is 1.53. The van der Waals surface area contributed by atoms with Crippen LogP contribution in [0.3, 0.4) is 0 Å². The first-order valence-corrected chi connectivity index (χ1v) is 16.5.